The first-order valence-corrected chi connectivity index (χ1v) is 23.5. The zero-order valence-electron chi connectivity index (χ0n) is 33.4. The Hall–Kier alpha value is -6.42. The third-order valence-corrected chi connectivity index (χ3v) is 13.7. The quantitative estimate of drug-likeness (QED) is 0.136. The molecule has 0 amide bonds. The van der Waals surface area contributed by atoms with Crippen LogP contribution in [0, 0.1) is 0 Å². The molecule has 0 radical (unpaired) electrons. The van der Waals surface area contributed by atoms with Gasteiger partial charge in [-0.3, -0.25) is 0 Å². The van der Waals surface area contributed by atoms with E-state index in [1.807, 2.05) is 0 Å². The van der Waals surface area contributed by atoms with Crippen molar-refractivity contribution in [2.24, 2.45) is 0 Å². The first-order valence-electron chi connectivity index (χ1n) is 20.0. The van der Waals surface area contributed by atoms with Crippen molar-refractivity contribution in [1.29, 1.82) is 0 Å². The first kappa shape index (κ1) is 36.2. The summed E-state index contributed by atoms with van der Waals surface area (Å²) in [7, 11) is -1.39. The number of para-hydroxylation sites is 2. The van der Waals surface area contributed by atoms with E-state index in [0.717, 1.165) is 22.7 Å². The largest absolute Gasteiger partial charge is 0.311 e. The van der Waals surface area contributed by atoms with Crippen LogP contribution >= 0.6 is 0 Å². The molecule has 0 spiro atoms. The van der Waals surface area contributed by atoms with Crippen LogP contribution in [0.25, 0.3) is 33.4 Å². The van der Waals surface area contributed by atoms with Crippen LogP contribution in [0.3, 0.4) is 0 Å². The number of benzene rings is 8. The summed E-state index contributed by atoms with van der Waals surface area (Å²) in [6, 6.07) is 73.2. The number of rotatable bonds is 9. The normalized spacial score (nSPS) is 12.8. The van der Waals surface area contributed by atoms with Gasteiger partial charge in [0.25, 0.3) is 0 Å². The topological polar surface area (TPSA) is 6.48 Å². The maximum atomic E-state index is 2.41. The zero-order valence-corrected chi connectivity index (χ0v) is 34.4. The van der Waals surface area contributed by atoms with Gasteiger partial charge in [-0.05, 0) is 106 Å². The van der Waals surface area contributed by atoms with Crippen molar-refractivity contribution in [1.82, 2.24) is 0 Å². The monoisotopic (exact) mass is 752 g/mol. The third-order valence-electron chi connectivity index (χ3n) is 11.6. The summed E-state index contributed by atoms with van der Waals surface area (Å²) in [6.45, 7) is 11.9. The van der Waals surface area contributed by atoms with Gasteiger partial charge < -0.3 is 9.80 Å². The molecule has 57 heavy (non-hydrogen) atoms. The molecule has 278 valence electrons. The highest BCUT2D eigenvalue weighted by atomic mass is 28.3. The van der Waals surface area contributed by atoms with Crippen molar-refractivity contribution in [2.45, 2.75) is 38.9 Å². The van der Waals surface area contributed by atoms with E-state index in [2.05, 4.69) is 243 Å². The maximum absolute atomic E-state index is 2.41. The highest BCUT2D eigenvalue weighted by Crippen LogP contribution is 2.54. The standard InChI is InChI=1S/C54H48N2Si/c1-54(2)50-20-13-12-19-49(50)53-51(54)21-14-22-52(53)56(44-17-10-7-11-18-44)47-33-29-42(30-34-47)40-25-23-39(24-26-40)41-27-31-45(32-28-41)55(43-15-8-6-9-16-43)46-35-37-48(38-36-46)57(3,4)5/h6-38H,1-5H3. The predicted molar refractivity (Wildman–Crippen MR) is 247 cm³/mol. The summed E-state index contributed by atoms with van der Waals surface area (Å²) in [5.41, 5.74) is 17.0. The smallest absolute Gasteiger partial charge is 0.0775 e. The number of fused-ring (bicyclic) bond motifs is 3. The molecule has 8 aromatic rings. The fourth-order valence-electron chi connectivity index (χ4n) is 8.52. The Kier molecular flexibility index (Phi) is 9.27. The van der Waals surface area contributed by atoms with Gasteiger partial charge in [0.05, 0.1) is 13.8 Å². The SMILES string of the molecule is CC1(C)c2ccccc2-c2c(N(c3ccccc3)c3ccc(-c4ccc(-c5ccc(N(c6ccccc6)c6ccc([Si](C)(C)C)cc6)cc5)cc4)cc3)cccc21. The average molecular weight is 753 g/mol. The van der Waals surface area contributed by atoms with Crippen molar-refractivity contribution in [3.05, 3.63) is 211 Å². The third kappa shape index (κ3) is 6.79. The lowest BCUT2D eigenvalue weighted by atomic mass is 9.82. The van der Waals surface area contributed by atoms with Crippen LogP contribution in [0.15, 0.2) is 200 Å². The Morgan fingerprint density at radius 3 is 1.25 bits per heavy atom. The molecule has 0 unspecified atom stereocenters. The molecule has 9 rings (SSSR count). The van der Waals surface area contributed by atoms with Crippen LogP contribution in [0.1, 0.15) is 25.0 Å². The highest BCUT2D eigenvalue weighted by molar-refractivity contribution is 6.88. The summed E-state index contributed by atoms with van der Waals surface area (Å²) >= 11 is 0. The molecular formula is C54H48N2Si. The lowest BCUT2D eigenvalue weighted by Gasteiger charge is -2.29. The van der Waals surface area contributed by atoms with Crippen LogP contribution in [0.2, 0.25) is 19.6 Å². The zero-order chi connectivity index (χ0) is 39.1. The molecule has 0 N–H and O–H groups in total. The summed E-state index contributed by atoms with van der Waals surface area (Å²) < 4.78 is 0. The van der Waals surface area contributed by atoms with Gasteiger partial charge in [0.2, 0.25) is 0 Å². The summed E-state index contributed by atoms with van der Waals surface area (Å²) in [4.78, 5) is 4.75. The van der Waals surface area contributed by atoms with E-state index in [9.17, 15) is 0 Å². The minimum Gasteiger partial charge on any atom is -0.311 e. The van der Waals surface area contributed by atoms with Gasteiger partial charge in [0.15, 0.2) is 0 Å². The Labute approximate surface area is 339 Å². The first-order chi connectivity index (χ1) is 27.7. The van der Waals surface area contributed by atoms with Crippen molar-refractivity contribution in [3.63, 3.8) is 0 Å². The molecule has 3 heteroatoms. The molecule has 0 atom stereocenters. The molecular weight excluding hydrogens is 705 g/mol. The molecule has 0 bridgehead atoms. The number of nitrogens with zero attached hydrogens (tertiary/aromatic N) is 2. The van der Waals surface area contributed by atoms with Gasteiger partial charge in [-0.25, -0.2) is 0 Å². The summed E-state index contributed by atoms with van der Waals surface area (Å²) in [6.07, 6.45) is 0. The van der Waals surface area contributed by atoms with E-state index in [4.69, 9.17) is 0 Å². The average Bonchev–Trinajstić information content (AvgIpc) is 3.49. The van der Waals surface area contributed by atoms with Crippen molar-refractivity contribution in [2.75, 3.05) is 9.80 Å². The molecule has 0 heterocycles. The molecule has 0 aromatic heterocycles. The van der Waals surface area contributed by atoms with Gasteiger partial charge in [0, 0.05) is 39.4 Å². The second-order valence-electron chi connectivity index (χ2n) is 16.7. The van der Waals surface area contributed by atoms with E-state index in [0.29, 0.717) is 0 Å². The lowest BCUT2D eigenvalue weighted by molar-refractivity contribution is 0.660. The Balaban J connectivity index is 0.996. The van der Waals surface area contributed by atoms with Gasteiger partial charge in [0.1, 0.15) is 0 Å². The van der Waals surface area contributed by atoms with Crippen LogP contribution in [-0.2, 0) is 5.41 Å². The van der Waals surface area contributed by atoms with Crippen LogP contribution in [0.4, 0.5) is 34.1 Å². The fourth-order valence-corrected chi connectivity index (χ4v) is 9.69. The van der Waals surface area contributed by atoms with Crippen molar-refractivity contribution < 1.29 is 0 Å². The molecule has 1 aliphatic rings. The van der Waals surface area contributed by atoms with Gasteiger partial charge >= 0.3 is 0 Å². The molecule has 1 aliphatic carbocycles. The van der Waals surface area contributed by atoms with E-state index >= 15 is 0 Å². The molecule has 2 nitrogen and oxygen atoms in total. The highest BCUT2D eigenvalue weighted by Gasteiger charge is 2.37. The molecule has 0 fully saturated rings. The van der Waals surface area contributed by atoms with Crippen molar-refractivity contribution >= 4 is 47.4 Å². The van der Waals surface area contributed by atoms with Crippen LogP contribution in [-0.4, -0.2) is 8.07 Å². The number of hydrogen-bond donors (Lipinski definition) is 0. The second kappa shape index (κ2) is 14.6. The maximum Gasteiger partial charge on any atom is 0.0775 e. The number of hydrogen-bond acceptors (Lipinski definition) is 2. The van der Waals surface area contributed by atoms with Gasteiger partial charge in [-0.15, -0.1) is 0 Å². The fraction of sp³-hybridized carbons (Fsp3) is 0.111. The van der Waals surface area contributed by atoms with Crippen molar-refractivity contribution in [3.8, 4) is 33.4 Å². The Bertz CT molecular complexity index is 2640. The predicted octanol–water partition coefficient (Wildman–Crippen LogP) is 14.8. The Morgan fingerprint density at radius 2 is 0.737 bits per heavy atom. The van der Waals surface area contributed by atoms with E-state index in [-0.39, 0.29) is 5.41 Å². The Morgan fingerprint density at radius 1 is 0.351 bits per heavy atom. The van der Waals surface area contributed by atoms with E-state index < -0.39 is 8.07 Å². The van der Waals surface area contributed by atoms with E-state index in [1.54, 1.807) is 0 Å². The minimum absolute atomic E-state index is 0.0646. The summed E-state index contributed by atoms with van der Waals surface area (Å²) in [5, 5.41) is 1.47. The second-order valence-corrected chi connectivity index (χ2v) is 21.8. The number of anilines is 6. The van der Waals surface area contributed by atoms with E-state index in [1.165, 1.54) is 61.1 Å². The molecule has 0 saturated carbocycles. The lowest BCUT2D eigenvalue weighted by Crippen LogP contribution is -2.37. The van der Waals surface area contributed by atoms with Gasteiger partial charge in [-0.1, -0.05) is 172 Å². The molecule has 8 aromatic carbocycles. The van der Waals surface area contributed by atoms with Crippen LogP contribution in [0.5, 0.6) is 0 Å². The van der Waals surface area contributed by atoms with Crippen LogP contribution < -0.4 is 15.0 Å². The summed E-state index contributed by atoms with van der Waals surface area (Å²) in [5.74, 6) is 0. The minimum atomic E-state index is -1.39. The van der Waals surface area contributed by atoms with Gasteiger partial charge in [-0.2, -0.15) is 0 Å². The molecule has 0 aliphatic heterocycles. The molecule has 0 saturated heterocycles.